The molecular formula is C8H10FN3S. The Morgan fingerprint density at radius 1 is 1.54 bits per heavy atom. The molecular weight excluding hydrogens is 189 g/mol. The maximum absolute atomic E-state index is 12.7. The number of nitrogens with two attached hydrogens (primary N) is 2. The molecule has 0 heterocycles. The molecule has 5 heteroatoms. The highest BCUT2D eigenvalue weighted by atomic mass is 32.1. The zero-order valence-electron chi connectivity index (χ0n) is 6.90. The fourth-order valence-electron chi connectivity index (χ4n) is 0.910. The minimum atomic E-state index is -0.297. The summed E-state index contributed by atoms with van der Waals surface area (Å²) in [5.41, 5.74) is 5.99. The largest absolute Gasteiger partial charge is 0.375 e. The zero-order valence-corrected chi connectivity index (χ0v) is 7.72. The molecule has 0 spiro atoms. The molecule has 1 rings (SSSR count). The molecule has 0 atom stereocenters. The van der Waals surface area contributed by atoms with Crippen LogP contribution >= 0.6 is 12.2 Å². The number of thiocarbonyl (C=S) groups is 1. The normalized spacial score (nSPS) is 9.69. The van der Waals surface area contributed by atoms with Gasteiger partial charge in [0.15, 0.2) is 5.11 Å². The lowest BCUT2D eigenvalue weighted by Gasteiger charge is -2.15. The molecule has 0 amide bonds. The van der Waals surface area contributed by atoms with Gasteiger partial charge in [0.25, 0.3) is 0 Å². The van der Waals surface area contributed by atoms with Gasteiger partial charge in [0.2, 0.25) is 0 Å². The smallest absolute Gasteiger partial charge is 0.180 e. The molecule has 0 aliphatic rings. The number of rotatable bonds is 2. The van der Waals surface area contributed by atoms with Crippen LogP contribution in [0.2, 0.25) is 0 Å². The van der Waals surface area contributed by atoms with Gasteiger partial charge in [0, 0.05) is 0 Å². The quantitative estimate of drug-likeness (QED) is 0.419. The average molecular weight is 199 g/mol. The lowest BCUT2D eigenvalue weighted by atomic mass is 10.2. The Morgan fingerprint density at radius 2 is 2.23 bits per heavy atom. The van der Waals surface area contributed by atoms with Gasteiger partial charge in [-0.3, -0.25) is 5.01 Å². The summed E-state index contributed by atoms with van der Waals surface area (Å²) in [7, 11) is 0. The van der Waals surface area contributed by atoms with E-state index in [1.54, 1.807) is 12.1 Å². The molecule has 0 aliphatic heterocycles. The highest BCUT2D eigenvalue weighted by molar-refractivity contribution is 7.80. The van der Waals surface area contributed by atoms with Crippen LogP contribution in [-0.4, -0.2) is 10.1 Å². The van der Waals surface area contributed by atoms with Crippen LogP contribution < -0.4 is 11.6 Å². The summed E-state index contributed by atoms with van der Waals surface area (Å²) in [5.74, 6) is 5.15. The Hall–Kier alpha value is -1.20. The molecule has 0 radical (unpaired) electrons. The molecule has 0 fully saturated rings. The third kappa shape index (κ3) is 2.96. The summed E-state index contributed by atoms with van der Waals surface area (Å²) < 4.78 is 12.7. The molecule has 70 valence electrons. The van der Waals surface area contributed by atoms with Gasteiger partial charge in [0.05, 0.1) is 6.54 Å². The number of hydrogen-bond donors (Lipinski definition) is 2. The van der Waals surface area contributed by atoms with E-state index in [9.17, 15) is 4.39 Å². The van der Waals surface area contributed by atoms with E-state index >= 15 is 0 Å². The Morgan fingerprint density at radius 3 is 2.77 bits per heavy atom. The fraction of sp³-hybridized carbons (Fsp3) is 0.125. The standard InChI is InChI=1S/C8H10FN3S/c9-7-3-1-2-6(4-7)5-12(11)8(10)13/h1-4H,5,11H2,(H2,10,13). The van der Waals surface area contributed by atoms with Gasteiger partial charge >= 0.3 is 0 Å². The topological polar surface area (TPSA) is 55.3 Å². The van der Waals surface area contributed by atoms with Gasteiger partial charge < -0.3 is 5.73 Å². The van der Waals surface area contributed by atoms with Crippen LogP contribution in [0.4, 0.5) is 4.39 Å². The van der Waals surface area contributed by atoms with E-state index in [-0.39, 0.29) is 10.9 Å². The number of nitrogens with zero attached hydrogens (tertiary/aromatic N) is 1. The maximum Gasteiger partial charge on any atom is 0.180 e. The number of benzene rings is 1. The first-order valence-corrected chi connectivity index (χ1v) is 4.06. The van der Waals surface area contributed by atoms with Crippen LogP contribution in [0.5, 0.6) is 0 Å². The van der Waals surface area contributed by atoms with Crippen molar-refractivity contribution in [1.82, 2.24) is 5.01 Å². The molecule has 3 nitrogen and oxygen atoms in total. The molecule has 0 unspecified atom stereocenters. The summed E-state index contributed by atoms with van der Waals surface area (Å²) in [5, 5.41) is 1.27. The van der Waals surface area contributed by atoms with Gasteiger partial charge in [-0.1, -0.05) is 12.1 Å². The molecule has 1 aromatic carbocycles. The van der Waals surface area contributed by atoms with Crippen LogP contribution in [-0.2, 0) is 6.54 Å². The molecule has 0 bridgehead atoms. The summed E-state index contributed by atoms with van der Waals surface area (Å²) >= 11 is 4.64. The third-order valence-corrected chi connectivity index (χ3v) is 1.76. The highest BCUT2D eigenvalue weighted by Gasteiger charge is 2.01. The number of halogens is 1. The van der Waals surface area contributed by atoms with E-state index in [1.165, 1.54) is 17.1 Å². The van der Waals surface area contributed by atoms with E-state index in [2.05, 4.69) is 12.2 Å². The second-order valence-electron chi connectivity index (χ2n) is 2.60. The molecule has 13 heavy (non-hydrogen) atoms. The van der Waals surface area contributed by atoms with Crippen molar-refractivity contribution in [2.24, 2.45) is 11.6 Å². The van der Waals surface area contributed by atoms with E-state index in [0.717, 1.165) is 5.56 Å². The van der Waals surface area contributed by atoms with Crippen molar-refractivity contribution in [3.63, 3.8) is 0 Å². The van der Waals surface area contributed by atoms with E-state index in [4.69, 9.17) is 11.6 Å². The summed E-state index contributed by atoms with van der Waals surface area (Å²) in [6, 6.07) is 6.11. The lowest BCUT2D eigenvalue weighted by molar-refractivity contribution is 0.436. The molecule has 0 saturated carbocycles. The molecule has 4 N–H and O–H groups in total. The van der Waals surface area contributed by atoms with Gasteiger partial charge in [0.1, 0.15) is 5.82 Å². The predicted octanol–water partition coefficient (Wildman–Crippen LogP) is 0.745. The molecule has 0 aromatic heterocycles. The Balaban J connectivity index is 2.69. The fourth-order valence-corrected chi connectivity index (χ4v) is 0.974. The Labute approximate surface area is 81.1 Å². The summed E-state index contributed by atoms with van der Waals surface area (Å²) in [6.45, 7) is 0.313. The molecule has 0 aliphatic carbocycles. The third-order valence-electron chi connectivity index (χ3n) is 1.53. The van der Waals surface area contributed by atoms with Crippen LogP contribution in [0.3, 0.4) is 0 Å². The average Bonchev–Trinajstić information content (AvgIpc) is 2.04. The summed E-state index contributed by atoms with van der Waals surface area (Å²) in [4.78, 5) is 0. The monoisotopic (exact) mass is 199 g/mol. The van der Waals surface area contributed by atoms with Gasteiger partial charge in [-0.15, -0.1) is 0 Å². The van der Waals surface area contributed by atoms with E-state index in [0.29, 0.717) is 6.54 Å². The highest BCUT2D eigenvalue weighted by Crippen LogP contribution is 2.04. The predicted molar refractivity (Wildman–Crippen MR) is 52.9 cm³/mol. The minimum Gasteiger partial charge on any atom is -0.375 e. The number of hydrazine groups is 1. The lowest BCUT2D eigenvalue weighted by Crippen LogP contribution is -2.40. The first kappa shape index (κ1) is 9.88. The minimum absolute atomic E-state index is 0.0873. The Bertz CT molecular complexity index is 316. The van der Waals surface area contributed by atoms with Crippen LogP contribution in [0.25, 0.3) is 0 Å². The SMILES string of the molecule is NC(=S)N(N)Cc1cccc(F)c1. The van der Waals surface area contributed by atoms with Crippen molar-refractivity contribution in [2.75, 3.05) is 0 Å². The van der Waals surface area contributed by atoms with E-state index in [1.807, 2.05) is 0 Å². The van der Waals surface area contributed by atoms with Crippen LogP contribution in [0, 0.1) is 5.82 Å². The van der Waals surface area contributed by atoms with Crippen molar-refractivity contribution in [3.8, 4) is 0 Å². The van der Waals surface area contributed by atoms with Crippen molar-refractivity contribution < 1.29 is 4.39 Å². The zero-order chi connectivity index (χ0) is 9.84. The first-order valence-electron chi connectivity index (χ1n) is 3.65. The second-order valence-corrected chi connectivity index (χ2v) is 3.01. The molecule has 0 saturated heterocycles. The van der Waals surface area contributed by atoms with Crippen molar-refractivity contribution in [3.05, 3.63) is 35.6 Å². The van der Waals surface area contributed by atoms with Crippen LogP contribution in [0.15, 0.2) is 24.3 Å². The molecule has 1 aromatic rings. The van der Waals surface area contributed by atoms with Gasteiger partial charge in [-0.2, -0.15) is 0 Å². The van der Waals surface area contributed by atoms with Crippen molar-refractivity contribution >= 4 is 17.3 Å². The van der Waals surface area contributed by atoms with Gasteiger partial charge in [-0.05, 0) is 29.9 Å². The second kappa shape index (κ2) is 4.15. The van der Waals surface area contributed by atoms with Crippen molar-refractivity contribution in [2.45, 2.75) is 6.54 Å². The van der Waals surface area contributed by atoms with Crippen LogP contribution in [0.1, 0.15) is 5.56 Å². The van der Waals surface area contributed by atoms with Crippen molar-refractivity contribution in [1.29, 1.82) is 0 Å². The van der Waals surface area contributed by atoms with E-state index < -0.39 is 0 Å². The Kier molecular flexibility index (Phi) is 3.16. The number of hydrogen-bond acceptors (Lipinski definition) is 2. The summed E-state index contributed by atoms with van der Waals surface area (Å²) in [6.07, 6.45) is 0. The van der Waals surface area contributed by atoms with Gasteiger partial charge in [-0.25, -0.2) is 10.2 Å². The maximum atomic E-state index is 12.7. The first-order chi connectivity index (χ1) is 6.09.